The molecule has 2 aromatic rings. The summed E-state index contributed by atoms with van der Waals surface area (Å²) >= 11 is 0. The lowest BCUT2D eigenvalue weighted by molar-refractivity contribution is 0.129. The lowest BCUT2D eigenvalue weighted by Gasteiger charge is -2.30. The van der Waals surface area contributed by atoms with Gasteiger partial charge in [0.25, 0.3) is 0 Å². The summed E-state index contributed by atoms with van der Waals surface area (Å²) in [6, 6.07) is 1.93. The van der Waals surface area contributed by atoms with Gasteiger partial charge in [-0.1, -0.05) is 0 Å². The average Bonchev–Trinajstić information content (AvgIpc) is 3.01. The van der Waals surface area contributed by atoms with E-state index in [1.54, 1.807) is 6.20 Å². The van der Waals surface area contributed by atoms with Crippen LogP contribution in [0.1, 0.15) is 24.3 Å². The molecule has 1 saturated heterocycles. The number of aryl methyl sites for hydroxylation is 1. The van der Waals surface area contributed by atoms with Crippen LogP contribution in [0.4, 0.5) is 0 Å². The molecule has 0 radical (unpaired) electrons. The van der Waals surface area contributed by atoms with Crippen molar-refractivity contribution in [3.63, 3.8) is 0 Å². The molecule has 0 aliphatic carbocycles. The molecule has 0 unspecified atom stereocenters. The van der Waals surface area contributed by atoms with Crippen LogP contribution < -0.4 is 4.74 Å². The van der Waals surface area contributed by atoms with Crippen molar-refractivity contribution >= 4 is 0 Å². The van der Waals surface area contributed by atoms with Crippen LogP contribution in [0, 0.1) is 12.8 Å². The van der Waals surface area contributed by atoms with E-state index in [-0.39, 0.29) is 0 Å². The zero-order valence-electron chi connectivity index (χ0n) is 12.2. The fraction of sp³-hybridized carbons (Fsp3) is 0.533. The third-order valence-electron chi connectivity index (χ3n) is 3.91. The number of nitrogens with zero attached hydrogens (tertiary/aromatic N) is 4. The summed E-state index contributed by atoms with van der Waals surface area (Å²) in [5.74, 6) is 2.24. The molecule has 21 heavy (non-hydrogen) atoms. The molecule has 0 saturated carbocycles. The van der Waals surface area contributed by atoms with Gasteiger partial charge in [-0.3, -0.25) is 9.88 Å². The first kappa shape index (κ1) is 14.0. The summed E-state index contributed by atoms with van der Waals surface area (Å²) in [7, 11) is 0. The third-order valence-corrected chi connectivity index (χ3v) is 3.91. The van der Waals surface area contributed by atoms with E-state index in [1.165, 1.54) is 6.39 Å². The highest BCUT2D eigenvalue weighted by molar-refractivity contribution is 5.28. The number of pyridine rings is 1. The van der Waals surface area contributed by atoms with Gasteiger partial charge < -0.3 is 9.15 Å². The van der Waals surface area contributed by atoms with Crippen molar-refractivity contribution < 1.29 is 9.15 Å². The maximum atomic E-state index is 5.92. The van der Waals surface area contributed by atoms with E-state index >= 15 is 0 Å². The molecule has 1 aliphatic rings. The van der Waals surface area contributed by atoms with Crippen LogP contribution in [-0.4, -0.2) is 39.8 Å². The van der Waals surface area contributed by atoms with Gasteiger partial charge in [-0.2, -0.15) is 0 Å². The Morgan fingerprint density at radius 3 is 2.95 bits per heavy atom. The van der Waals surface area contributed by atoms with Crippen molar-refractivity contribution in [2.24, 2.45) is 5.92 Å². The Bertz CT molecular complexity index is 551. The zero-order valence-corrected chi connectivity index (χ0v) is 12.2. The first-order chi connectivity index (χ1) is 10.3. The fourth-order valence-electron chi connectivity index (χ4n) is 2.60. The molecule has 0 atom stereocenters. The molecule has 1 fully saturated rings. The first-order valence-corrected chi connectivity index (χ1v) is 7.32. The Morgan fingerprint density at radius 1 is 1.38 bits per heavy atom. The normalized spacial score (nSPS) is 17.0. The van der Waals surface area contributed by atoms with E-state index < -0.39 is 0 Å². The second kappa shape index (κ2) is 6.67. The van der Waals surface area contributed by atoms with Gasteiger partial charge in [-0.05, 0) is 44.8 Å². The number of hydrogen-bond acceptors (Lipinski definition) is 6. The smallest absolute Gasteiger partial charge is 0.230 e. The average molecular weight is 288 g/mol. The third kappa shape index (κ3) is 3.78. The lowest BCUT2D eigenvalue weighted by atomic mass is 9.98. The van der Waals surface area contributed by atoms with E-state index in [1.807, 2.05) is 19.2 Å². The molecule has 0 N–H and O–H groups in total. The van der Waals surface area contributed by atoms with E-state index in [2.05, 4.69) is 20.1 Å². The second-order valence-electron chi connectivity index (χ2n) is 5.50. The Morgan fingerprint density at radius 2 is 2.24 bits per heavy atom. The molecule has 0 aromatic carbocycles. The van der Waals surface area contributed by atoms with E-state index in [0.29, 0.717) is 11.8 Å². The summed E-state index contributed by atoms with van der Waals surface area (Å²) < 4.78 is 11.1. The van der Waals surface area contributed by atoms with Crippen molar-refractivity contribution in [1.29, 1.82) is 0 Å². The number of hydrogen-bond donors (Lipinski definition) is 0. The highest BCUT2D eigenvalue weighted by Gasteiger charge is 2.21. The summed E-state index contributed by atoms with van der Waals surface area (Å²) in [6.07, 6.45) is 7.27. The molecule has 3 rings (SSSR count). The monoisotopic (exact) mass is 288 g/mol. The molecule has 6 heteroatoms. The molecule has 6 nitrogen and oxygen atoms in total. The Labute approximate surface area is 124 Å². The molecule has 112 valence electrons. The molecular weight excluding hydrogens is 268 g/mol. The molecule has 0 bridgehead atoms. The number of aromatic nitrogens is 3. The summed E-state index contributed by atoms with van der Waals surface area (Å²) in [5.41, 5.74) is 1.09. The second-order valence-corrected chi connectivity index (χ2v) is 5.50. The first-order valence-electron chi connectivity index (χ1n) is 7.32. The number of likely N-dealkylation sites (tertiary alicyclic amines) is 1. The number of ether oxygens (including phenoxy) is 1. The SMILES string of the molecule is Cc1cnccc1OCC1CCN(Cc2nnco2)CC1. The van der Waals surface area contributed by atoms with Gasteiger partial charge in [-0.25, -0.2) is 0 Å². The number of rotatable bonds is 5. The van der Waals surface area contributed by atoms with Crippen LogP contribution in [0.25, 0.3) is 0 Å². The minimum Gasteiger partial charge on any atom is -0.493 e. The van der Waals surface area contributed by atoms with Crippen molar-refractivity contribution in [1.82, 2.24) is 20.1 Å². The van der Waals surface area contributed by atoms with Gasteiger partial charge in [0.15, 0.2) is 0 Å². The molecule has 1 aliphatic heterocycles. The largest absolute Gasteiger partial charge is 0.493 e. The Hall–Kier alpha value is -1.95. The maximum absolute atomic E-state index is 5.92. The Balaban J connectivity index is 1.43. The van der Waals surface area contributed by atoms with Gasteiger partial charge in [-0.15, -0.1) is 10.2 Å². The topological polar surface area (TPSA) is 64.3 Å². The van der Waals surface area contributed by atoms with Gasteiger partial charge in [0, 0.05) is 18.0 Å². The van der Waals surface area contributed by atoms with Crippen LogP contribution in [0.15, 0.2) is 29.3 Å². The highest BCUT2D eigenvalue weighted by atomic mass is 16.5. The molecule has 3 heterocycles. The quantitative estimate of drug-likeness (QED) is 0.839. The summed E-state index contributed by atoms with van der Waals surface area (Å²) in [6.45, 7) is 5.64. The zero-order chi connectivity index (χ0) is 14.5. The van der Waals surface area contributed by atoms with Gasteiger partial charge in [0.2, 0.25) is 12.3 Å². The van der Waals surface area contributed by atoms with Crippen molar-refractivity contribution in [2.45, 2.75) is 26.3 Å². The fourth-order valence-corrected chi connectivity index (χ4v) is 2.60. The van der Waals surface area contributed by atoms with Crippen LogP contribution in [-0.2, 0) is 6.54 Å². The predicted molar refractivity (Wildman–Crippen MR) is 76.8 cm³/mol. The molecule has 0 amide bonds. The number of piperidine rings is 1. The predicted octanol–water partition coefficient (Wildman–Crippen LogP) is 2.06. The van der Waals surface area contributed by atoms with Crippen molar-refractivity contribution in [2.75, 3.05) is 19.7 Å². The van der Waals surface area contributed by atoms with E-state index in [0.717, 1.165) is 50.4 Å². The molecule has 0 spiro atoms. The maximum Gasteiger partial charge on any atom is 0.230 e. The van der Waals surface area contributed by atoms with Crippen molar-refractivity contribution in [3.05, 3.63) is 36.3 Å². The van der Waals surface area contributed by atoms with Gasteiger partial charge in [0.05, 0.1) is 13.2 Å². The standard InChI is InChI=1S/C15H20N4O2/c1-12-8-16-5-2-14(12)20-10-13-3-6-19(7-4-13)9-15-18-17-11-21-15/h2,5,8,11,13H,3-4,6-7,9-10H2,1H3. The lowest BCUT2D eigenvalue weighted by Crippen LogP contribution is -2.35. The summed E-state index contributed by atoms with van der Waals surface area (Å²) in [5, 5.41) is 7.63. The van der Waals surface area contributed by atoms with E-state index in [4.69, 9.17) is 9.15 Å². The van der Waals surface area contributed by atoms with Crippen molar-refractivity contribution in [3.8, 4) is 5.75 Å². The minimum atomic E-state index is 0.608. The summed E-state index contributed by atoms with van der Waals surface area (Å²) in [4.78, 5) is 6.43. The molecule has 2 aromatic heterocycles. The molecular formula is C15H20N4O2. The van der Waals surface area contributed by atoms with Crippen LogP contribution in [0.2, 0.25) is 0 Å². The Kier molecular flexibility index (Phi) is 4.45. The highest BCUT2D eigenvalue weighted by Crippen LogP contribution is 2.21. The van der Waals surface area contributed by atoms with Crippen LogP contribution >= 0.6 is 0 Å². The van der Waals surface area contributed by atoms with E-state index in [9.17, 15) is 0 Å². The van der Waals surface area contributed by atoms with Crippen LogP contribution in [0.3, 0.4) is 0 Å². The minimum absolute atomic E-state index is 0.608. The van der Waals surface area contributed by atoms with Gasteiger partial charge >= 0.3 is 0 Å². The van der Waals surface area contributed by atoms with Gasteiger partial charge in [0.1, 0.15) is 5.75 Å². The van der Waals surface area contributed by atoms with Crippen LogP contribution in [0.5, 0.6) is 5.75 Å².